The zero-order valence-corrected chi connectivity index (χ0v) is 18.2. The van der Waals surface area contributed by atoms with Gasteiger partial charge in [0.25, 0.3) is 5.91 Å². The van der Waals surface area contributed by atoms with Crippen molar-refractivity contribution in [1.82, 2.24) is 15.5 Å². The first-order valence-electron chi connectivity index (χ1n) is 11.3. The summed E-state index contributed by atoms with van der Waals surface area (Å²) in [5.41, 5.74) is 0.423. The highest BCUT2D eigenvalue weighted by atomic mass is 16.7. The minimum Gasteiger partial charge on any atom is -0.454 e. The van der Waals surface area contributed by atoms with Crippen LogP contribution in [0.5, 0.6) is 11.5 Å². The zero-order valence-electron chi connectivity index (χ0n) is 18.2. The van der Waals surface area contributed by atoms with Crippen LogP contribution in [0.2, 0.25) is 0 Å². The zero-order chi connectivity index (χ0) is 22.0. The van der Waals surface area contributed by atoms with Crippen molar-refractivity contribution in [2.75, 3.05) is 19.9 Å². The molecule has 3 amide bonds. The van der Waals surface area contributed by atoms with Crippen LogP contribution in [0.3, 0.4) is 0 Å². The van der Waals surface area contributed by atoms with E-state index in [1.807, 2.05) is 18.7 Å². The molecule has 0 spiro atoms. The third kappa shape index (κ3) is 4.94. The van der Waals surface area contributed by atoms with Crippen LogP contribution < -0.4 is 20.1 Å². The van der Waals surface area contributed by atoms with Gasteiger partial charge < -0.3 is 25.0 Å². The highest BCUT2D eigenvalue weighted by molar-refractivity contribution is 5.98. The predicted molar refractivity (Wildman–Crippen MR) is 114 cm³/mol. The maximum Gasteiger partial charge on any atom is 0.252 e. The second-order valence-corrected chi connectivity index (χ2v) is 8.77. The van der Waals surface area contributed by atoms with Crippen molar-refractivity contribution in [2.45, 2.75) is 58.0 Å². The van der Waals surface area contributed by atoms with E-state index in [-0.39, 0.29) is 42.4 Å². The topological polar surface area (TPSA) is 97.0 Å². The summed E-state index contributed by atoms with van der Waals surface area (Å²) in [6, 6.07) is 4.38. The van der Waals surface area contributed by atoms with E-state index in [0.29, 0.717) is 43.0 Å². The van der Waals surface area contributed by atoms with Gasteiger partial charge in [0.15, 0.2) is 11.5 Å². The van der Waals surface area contributed by atoms with Crippen LogP contribution in [0.25, 0.3) is 0 Å². The first-order valence-corrected chi connectivity index (χ1v) is 11.3. The van der Waals surface area contributed by atoms with Crippen LogP contribution in [0.1, 0.15) is 56.3 Å². The summed E-state index contributed by atoms with van der Waals surface area (Å²) in [5.74, 6) is 1.06. The van der Waals surface area contributed by atoms with Gasteiger partial charge in [-0.25, -0.2) is 0 Å². The number of hydrogen-bond acceptors (Lipinski definition) is 5. The number of rotatable bonds is 7. The Kier molecular flexibility index (Phi) is 6.34. The van der Waals surface area contributed by atoms with Gasteiger partial charge in [-0.05, 0) is 63.1 Å². The van der Waals surface area contributed by atoms with Crippen LogP contribution >= 0.6 is 0 Å². The highest BCUT2D eigenvalue weighted by Crippen LogP contribution is 2.34. The maximum absolute atomic E-state index is 13.0. The van der Waals surface area contributed by atoms with Gasteiger partial charge in [-0.2, -0.15) is 0 Å². The van der Waals surface area contributed by atoms with E-state index in [1.165, 1.54) is 0 Å². The van der Waals surface area contributed by atoms with Gasteiger partial charge >= 0.3 is 0 Å². The average Bonchev–Trinajstić information content (AvgIpc) is 3.53. The number of benzene rings is 1. The first kappa shape index (κ1) is 21.5. The molecule has 2 unspecified atom stereocenters. The van der Waals surface area contributed by atoms with E-state index in [1.54, 1.807) is 18.2 Å². The van der Waals surface area contributed by atoms with Crippen LogP contribution in [0, 0.1) is 11.8 Å². The molecule has 168 valence electrons. The van der Waals surface area contributed by atoms with E-state index >= 15 is 0 Å². The predicted octanol–water partition coefficient (Wildman–Crippen LogP) is 2.08. The largest absolute Gasteiger partial charge is 0.454 e. The normalized spacial score (nSPS) is 20.1. The number of carbonyl (C=O) groups excluding carboxylic acids is 3. The van der Waals surface area contributed by atoms with Gasteiger partial charge in [-0.1, -0.05) is 6.92 Å². The Morgan fingerprint density at radius 1 is 1.06 bits per heavy atom. The van der Waals surface area contributed by atoms with Crippen molar-refractivity contribution in [1.29, 1.82) is 0 Å². The van der Waals surface area contributed by atoms with Crippen LogP contribution in [0.15, 0.2) is 18.2 Å². The summed E-state index contributed by atoms with van der Waals surface area (Å²) in [6.45, 7) is 5.36. The van der Waals surface area contributed by atoms with Crippen molar-refractivity contribution in [2.24, 2.45) is 11.8 Å². The molecule has 31 heavy (non-hydrogen) atoms. The molecule has 8 heteroatoms. The fourth-order valence-corrected chi connectivity index (χ4v) is 4.14. The Morgan fingerprint density at radius 3 is 2.45 bits per heavy atom. The molecule has 0 radical (unpaired) electrons. The molecule has 2 N–H and O–H groups in total. The van der Waals surface area contributed by atoms with Crippen molar-refractivity contribution < 1.29 is 23.9 Å². The Bertz CT molecular complexity index is 846. The smallest absolute Gasteiger partial charge is 0.252 e. The summed E-state index contributed by atoms with van der Waals surface area (Å²) in [5, 5.41) is 5.96. The lowest BCUT2D eigenvalue weighted by molar-refractivity contribution is -0.134. The molecule has 1 aromatic rings. The van der Waals surface area contributed by atoms with Gasteiger partial charge in [-0.15, -0.1) is 0 Å². The lowest BCUT2D eigenvalue weighted by atomic mass is 9.88. The van der Waals surface area contributed by atoms with Crippen molar-refractivity contribution >= 4 is 17.7 Å². The van der Waals surface area contributed by atoms with Crippen molar-refractivity contribution in [3.05, 3.63) is 23.8 Å². The summed E-state index contributed by atoms with van der Waals surface area (Å²) in [4.78, 5) is 40.3. The molecule has 1 saturated carbocycles. The van der Waals surface area contributed by atoms with Gasteiger partial charge in [0.2, 0.25) is 18.6 Å². The number of piperidine rings is 1. The number of carbonyl (C=O) groups is 3. The molecule has 3 aliphatic rings. The lowest BCUT2D eigenvalue weighted by Crippen LogP contribution is -2.55. The van der Waals surface area contributed by atoms with E-state index in [9.17, 15) is 14.4 Å². The molecule has 0 aromatic heterocycles. The second kappa shape index (κ2) is 9.16. The van der Waals surface area contributed by atoms with Gasteiger partial charge in [-0.3, -0.25) is 14.4 Å². The molecule has 1 saturated heterocycles. The quantitative estimate of drug-likeness (QED) is 0.692. The number of amides is 3. The van der Waals surface area contributed by atoms with Gasteiger partial charge in [0, 0.05) is 30.6 Å². The van der Waals surface area contributed by atoms with Crippen LogP contribution in [0.4, 0.5) is 0 Å². The molecule has 2 fully saturated rings. The number of hydrogen-bond donors (Lipinski definition) is 2. The molecule has 2 aliphatic heterocycles. The number of likely N-dealkylation sites (tertiary alicyclic amines) is 1. The molecule has 0 bridgehead atoms. The summed E-state index contributed by atoms with van der Waals surface area (Å²) in [6.07, 6.45) is 4.18. The van der Waals surface area contributed by atoms with Crippen LogP contribution in [-0.2, 0) is 9.59 Å². The van der Waals surface area contributed by atoms with E-state index in [4.69, 9.17) is 9.47 Å². The monoisotopic (exact) mass is 429 g/mol. The Hall–Kier alpha value is -2.77. The van der Waals surface area contributed by atoms with E-state index in [0.717, 1.165) is 19.3 Å². The Labute approximate surface area is 182 Å². The van der Waals surface area contributed by atoms with Crippen molar-refractivity contribution in [3.8, 4) is 11.5 Å². The molecule has 1 aromatic carbocycles. The first-order chi connectivity index (χ1) is 15.0. The number of fused-ring (bicyclic) bond motifs is 1. The summed E-state index contributed by atoms with van der Waals surface area (Å²) in [7, 11) is 0. The fraction of sp³-hybridized carbons (Fsp3) is 0.609. The number of ether oxygens (including phenoxy) is 2. The Morgan fingerprint density at radius 2 is 1.77 bits per heavy atom. The SMILES string of the molecule is CCC(C)NC(=O)C(NC(=O)c1ccc2c(c1)OCO2)C1CCN(C(=O)C2CC2)CC1. The maximum atomic E-state index is 13.0. The molecule has 2 atom stereocenters. The summed E-state index contributed by atoms with van der Waals surface area (Å²) >= 11 is 0. The second-order valence-electron chi connectivity index (χ2n) is 8.77. The summed E-state index contributed by atoms with van der Waals surface area (Å²) < 4.78 is 10.7. The highest BCUT2D eigenvalue weighted by Gasteiger charge is 2.38. The molecule has 1 aliphatic carbocycles. The standard InChI is InChI=1S/C23H31N3O5/c1-3-14(2)24-22(28)20(15-8-10-26(11-9-15)23(29)16-4-5-16)25-21(27)17-6-7-18-19(12-17)31-13-30-18/h6-7,12,14-16,20H,3-5,8-11,13H2,1-2H3,(H,24,28)(H,25,27). The Balaban J connectivity index is 1.44. The van der Waals surface area contributed by atoms with Crippen LogP contribution in [-0.4, -0.2) is 54.6 Å². The third-order valence-corrected chi connectivity index (χ3v) is 6.45. The minimum atomic E-state index is -0.648. The fourth-order valence-electron chi connectivity index (χ4n) is 4.14. The average molecular weight is 430 g/mol. The molecule has 2 heterocycles. The number of nitrogens with zero attached hydrogens (tertiary/aromatic N) is 1. The molecule has 8 nitrogen and oxygen atoms in total. The van der Waals surface area contributed by atoms with Crippen molar-refractivity contribution in [3.63, 3.8) is 0 Å². The molecule has 4 rings (SSSR count). The van der Waals surface area contributed by atoms with Gasteiger partial charge in [0.05, 0.1) is 0 Å². The van der Waals surface area contributed by atoms with E-state index < -0.39 is 6.04 Å². The van der Waals surface area contributed by atoms with Gasteiger partial charge in [0.1, 0.15) is 6.04 Å². The third-order valence-electron chi connectivity index (χ3n) is 6.45. The lowest BCUT2D eigenvalue weighted by Gasteiger charge is -2.36. The molecular formula is C23H31N3O5. The minimum absolute atomic E-state index is 0.0222. The number of nitrogens with one attached hydrogen (secondary N) is 2. The van der Waals surface area contributed by atoms with E-state index in [2.05, 4.69) is 10.6 Å². The molecular weight excluding hydrogens is 398 g/mol.